The highest BCUT2D eigenvalue weighted by Crippen LogP contribution is 2.12. The molecule has 0 unspecified atom stereocenters. The molecule has 4 heteroatoms. The van der Waals surface area contributed by atoms with Crippen LogP contribution in [0.2, 0.25) is 0 Å². The van der Waals surface area contributed by atoms with Crippen LogP contribution in [0.3, 0.4) is 0 Å². The van der Waals surface area contributed by atoms with Gasteiger partial charge in [-0.3, -0.25) is 4.79 Å². The molecule has 0 atom stereocenters. The highest BCUT2D eigenvalue weighted by atomic mass is 32.1. The lowest BCUT2D eigenvalue weighted by atomic mass is 10.6. The van der Waals surface area contributed by atoms with Crippen molar-refractivity contribution in [2.24, 2.45) is 0 Å². The number of carboxylic acid groups (broad SMARTS) is 1. The van der Waals surface area contributed by atoms with Crippen molar-refractivity contribution in [3.05, 3.63) is 17.5 Å². The summed E-state index contributed by atoms with van der Waals surface area (Å²) in [6.45, 7) is 1.08. The molecule has 0 amide bonds. The van der Waals surface area contributed by atoms with Crippen molar-refractivity contribution < 1.29 is 9.90 Å². The fourth-order valence-corrected chi connectivity index (χ4v) is 1.000. The van der Waals surface area contributed by atoms with Gasteiger partial charge in [0.15, 0.2) is 0 Å². The Bertz CT molecular complexity index is 192. The van der Waals surface area contributed by atoms with E-state index in [2.05, 4.69) is 5.32 Å². The molecule has 1 rings (SSSR count). The van der Waals surface area contributed by atoms with Gasteiger partial charge in [0.2, 0.25) is 0 Å². The Morgan fingerprint density at radius 2 is 2.27 bits per heavy atom. The molecular formula is C7H11NO2S. The van der Waals surface area contributed by atoms with Gasteiger partial charge in [-0.1, -0.05) is 0 Å². The normalized spacial score (nSPS) is 7.82. The maximum Gasteiger partial charge on any atom is 0.300 e. The summed E-state index contributed by atoms with van der Waals surface area (Å²) in [4.78, 5) is 9.00. The molecule has 0 fully saturated rings. The molecule has 0 saturated heterocycles. The van der Waals surface area contributed by atoms with Crippen molar-refractivity contribution in [2.75, 3.05) is 12.4 Å². The SMILES string of the molecule is CC(=O)O.CNc1cccs1. The molecular weight excluding hydrogens is 162 g/mol. The third-order valence-electron chi connectivity index (χ3n) is 0.768. The lowest BCUT2D eigenvalue weighted by molar-refractivity contribution is -0.134. The van der Waals surface area contributed by atoms with E-state index in [1.165, 1.54) is 5.00 Å². The van der Waals surface area contributed by atoms with Crippen LogP contribution in [0.5, 0.6) is 0 Å². The minimum absolute atomic E-state index is 0.833. The van der Waals surface area contributed by atoms with Gasteiger partial charge in [0.25, 0.3) is 5.97 Å². The summed E-state index contributed by atoms with van der Waals surface area (Å²) in [7, 11) is 1.92. The first-order valence-electron chi connectivity index (χ1n) is 3.07. The fourth-order valence-electron chi connectivity index (χ4n) is 0.421. The van der Waals surface area contributed by atoms with E-state index in [-0.39, 0.29) is 0 Å². The summed E-state index contributed by atoms with van der Waals surface area (Å²) in [5.74, 6) is -0.833. The lowest BCUT2D eigenvalue weighted by Crippen LogP contribution is -1.79. The van der Waals surface area contributed by atoms with Crippen molar-refractivity contribution in [1.82, 2.24) is 0 Å². The molecule has 1 heterocycles. The Morgan fingerprint density at radius 1 is 1.73 bits per heavy atom. The monoisotopic (exact) mass is 173 g/mol. The van der Waals surface area contributed by atoms with Gasteiger partial charge >= 0.3 is 0 Å². The Morgan fingerprint density at radius 3 is 2.45 bits per heavy atom. The molecule has 0 aliphatic carbocycles. The first-order valence-corrected chi connectivity index (χ1v) is 3.95. The van der Waals surface area contributed by atoms with Crippen molar-refractivity contribution in [1.29, 1.82) is 0 Å². The molecule has 0 aliphatic heterocycles. The second-order valence-electron chi connectivity index (χ2n) is 1.75. The van der Waals surface area contributed by atoms with Gasteiger partial charge in [0, 0.05) is 14.0 Å². The first kappa shape index (κ1) is 9.97. The highest BCUT2D eigenvalue weighted by Gasteiger charge is 1.80. The maximum absolute atomic E-state index is 9.00. The summed E-state index contributed by atoms with van der Waals surface area (Å²) in [5, 5.41) is 13.7. The van der Waals surface area contributed by atoms with Gasteiger partial charge < -0.3 is 10.4 Å². The van der Waals surface area contributed by atoms with Crippen molar-refractivity contribution in [3.63, 3.8) is 0 Å². The number of aliphatic carboxylic acids is 1. The summed E-state index contributed by atoms with van der Waals surface area (Å²) in [6, 6.07) is 4.07. The van der Waals surface area contributed by atoms with Crippen LogP contribution in [0.1, 0.15) is 6.92 Å². The third-order valence-corrected chi connectivity index (χ3v) is 1.65. The van der Waals surface area contributed by atoms with Crippen LogP contribution in [-0.4, -0.2) is 18.1 Å². The van der Waals surface area contributed by atoms with E-state index in [4.69, 9.17) is 9.90 Å². The van der Waals surface area contributed by atoms with E-state index in [0.29, 0.717) is 0 Å². The van der Waals surface area contributed by atoms with Crippen LogP contribution < -0.4 is 5.32 Å². The Balaban J connectivity index is 0.000000218. The quantitative estimate of drug-likeness (QED) is 0.681. The molecule has 0 bridgehead atoms. The largest absolute Gasteiger partial charge is 0.481 e. The molecule has 0 aliphatic rings. The Kier molecular flexibility index (Phi) is 5.20. The molecule has 3 nitrogen and oxygen atoms in total. The van der Waals surface area contributed by atoms with E-state index in [9.17, 15) is 0 Å². The van der Waals surface area contributed by atoms with E-state index < -0.39 is 5.97 Å². The molecule has 0 spiro atoms. The minimum atomic E-state index is -0.833. The molecule has 0 radical (unpaired) electrons. The van der Waals surface area contributed by atoms with Crippen LogP contribution in [0.4, 0.5) is 5.00 Å². The smallest absolute Gasteiger partial charge is 0.300 e. The Hall–Kier alpha value is -1.03. The van der Waals surface area contributed by atoms with Gasteiger partial charge in [0.05, 0.1) is 5.00 Å². The van der Waals surface area contributed by atoms with Gasteiger partial charge in [0.1, 0.15) is 0 Å². The molecule has 11 heavy (non-hydrogen) atoms. The molecule has 1 aromatic rings. The fraction of sp³-hybridized carbons (Fsp3) is 0.286. The van der Waals surface area contributed by atoms with Crippen LogP contribution in [0, 0.1) is 0 Å². The lowest BCUT2D eigenvalue weighted by Gasteiger charge is -1.85. The van der Waals surface area contributed by atoms with E-state index in [1.54, 1.807) is 11.3 Å². The molecule has 2 N–H and O–H groups in total. The predicted octanol–water partition coefficient (Wildman–Crippen LogP) is 1.88. The number of anilines is 1. The van der Waals surface area contributed by atoms with Crippen molar-refractivity contribution >= 4 is 22.3 Å². The maximum atomic E-state index is 9.00. The van der Waals surface area contributed by atoms with Crippen molar-refractivity contribution in [2.45, 2.75) is 6.92 Å². The van der Waals surface area contributed by atoms with Crippen LogP contribution >= 0.6 is 11.3 Å². The number of rotatable bonds is 1. The topological polar surface area (TPSA) is 49.3 Å². The number of hydrogen-bond acceptors (Lipinski definition) is 3. The highest BCUT2D eigenvalue weighted by molar-refractivity contribution is 7.14. The average Bonchev–Trinajstić information content (AvgIpc) is 2.36. The van der Waals surface area contributed by atoms with Gasteiger partial charge in [-0.05, 0) is 17.5 Å². The number of carboxylic acids is 1. The summed E-state index contributed by atoms with van der Waals surface area (Å²) >= 11 is 1.71. The molecule has 1 aromatic heterocycles. The number of thiophene rings is 1. The molecule has 62 valence electrons. The zero-order valence-corrected chi connectivity index (χ0v) is 7.31. The van der Waals surface area contributed by atoms with Gasteiger partial charge in [-0.25, -0.2) is 0 Å². The minimum Gasteiger partial charge on any atom is -0.481 e. The summed E-state index contributed by atoms with van der Waals surface area (Å²) < 4.78 is 0. The standard InChI is InChI=1S/C5H7NS.C2H4O2/c1-6-5-3-2-4-7-5;1-2(3)4/h2-4,6H,1H3;1H3,(H,3,4). The van der Waals surface area contributed by atoms with E-state index in [0.717, 1.165) is 6.92 Å². The van der Waals surface area contributed by atoms with Gasteiger partial charge in [-0.15, -0.1) is 11.3 Å². The van der Waals surface area contributed by atoms with Crippen molar-refractivity contribution in [3.8, 4) is 0 Å². The zero-order chi connectivity index (χ0) is 8.69. The van der Waals surface area contributed by atoms with Gasteiger partial charge in [-0.2, -0.15) is 0 Å². The van der Waals surface area contributed by atoms with E-state index in [1.807, 2.05) is 24.6 Å². The average molecular weight is 173 g/mol. The second-order valence-corrected chi connectivity index (χ2v) is 2.69. The molecule has 0 saturated carbocycles. The summed E-state index contributed by atoms with van der Waals surface area (Å²) in [6.07, 6.45) is 0. The van der Waals surface area contributed by atoms with E-state index >= 15 is 0 Å². The predicted molar refractivity (Wildman–Crippen MR) is 47.2 cm³/mol. The number of hydrogen-bond donors (Lipinski definition) is 2. The van der Waals surface area contributed by atoms with Crippen LogP contribution in [0.15, 0.2) is 17.5 Å². The third kappa shape index (κ3) is 6.86. The number of carbonyl (C=O) groups is 1. The number of nitrogens with one attached hydrogen (secondary N) is 1. The summed E-state index contributed by atoms with van der Waals surface area (Å²) in [5.41, 5.74) is 0. The van der Waals surface area contributed by atoms with Crippen LogP contribution in [0.25, 0.3) is 0 Å². The van der Waals surface area contributed by atoms with Crippen LogP contribution in [-0.2, 0) is 4.79 Å². The second kappa shape index (κ2) is 5.73. The zero-order valence-electron chi connectivity index (χ0n) is 6.50. The first-order chi connectivity index (χ1) is 5.16. The molecule has 0 aromatic carbocycles. The Labute approximate surface area is 69.7 Å².